The van der Waals surface area contributed by atoms with Crippen molar-refractivity contribution in [3.63, 3.8) is 0 Å². The summed E-state index contributed by atoms with van der Waals surface area (Å²) in [6.07, 6.45) is -2.04. The van der Waals surface area contributed by atoms with E-state index in [0.29, 0.717) is 41.2 Å². The number of sulfonamides is 1. The fraction of sp³-hybridized carbons (Fsp3) is 0.267. The average molecular weight is 843 g/mol. The zero-order valence-corrected chi connectivity index (χ0v) is 31.1. The quantitative estimate of drug-likeness (QED) is 0.0639. The van der Waals surface area contributed by atoms with Crippen molar-refractivity contribution in [1.82, 2.24) is 14.1 Å². The van der Waals surface area contributed by atoms with Crippen molar-refractivity contribution in [2.24, 2.45) is 4.99 Å². The number of nitrogens with zero attached hydrogens (tertiary/aromatic N) is 4. The number of halogens is 6. The minimum absolute atomic E-state index is 0.0605. The monoisotopic (exact) mass is 841 g/mol. The smallest absolute Gasteiger partial charge is 0.416 e. The number of benzene rings is 3. The van der Waals surface area contributed by atoms with Gasteiger partial charge in [-0.15, -0.1) is 11.8 Å². The number of carbonyl (C=O) groups is 2. The summed E-state index contributed by atoms with van der Waals surface area (Å²) in [6.45, 7) is 1.32. The molecule has 53 heavy (non-hydrogen) atoms. The van der Waals surface area contributed by atoms with Crippen LogP contribution in [0.25, 0.3) is 0 Å². The number of esters is 1. The number of ether oxygens (including phenoxy) is 2. The summed E-state index contributed by atoms with van der Waals surface area (Å²) >= 11 is 13.9. The summed E-state index contributed by atoms with van der Waals surface area (Å²) in [6, 6.07) is 7.73. The van der Waals surface area contributed by atoms with E-state index < -0.39 is 60.7 Å². The maximum absolute atomic E-state index is 14.3. The van der Waals surface area contributed by atoms with E-state index in [1.807, 2.05) is 0 Å². The van der Waals surface area contributed by atoms with Crippen LogP contribution in [0.2, 0.25) is 10.0 Å². The molecule has 284 valence electrons. The van der Waals surface area contributed by atoms with Crippen molar-refractivity contribution in [3.8, 4) is 11.5 Å². The molecule has 4 aromatic rings. The molecule has 3 aromatic carbocycles. The van der Waals surface area contributed by atoms with Crippen molar-refractivity contribution < 1.29 is 50.0 Å². The van der Waals surface area contributed by atoms with Crippen LogP contribution in [0.1, 0.15) is 28.8 Å². The summed E-state index contributed by atoms with van der Waals surface area (Å²) in [5.41, 5.74) is -2.26. The van der Waals surface area contributed by atoms with Gasteiger partial charge >= 0.3 is 17.0 Å². The Labute approximate surface area is 315 Å². The van der Waals surface area contributed by atoms with Gasteiger partial charge in [-0.3, -0.25) is 29.2 Å². The third kappa shape index (κ3) is 11.0. The number of methoxy groups -OCH3 is 1. The van der Waals surface area contributed by atoms with Crippen LogP contribution in [0.3, 0.4) is 0 Å². The average Bonchev–Trinajstić information content (AvgIpc) is 3.39. The highest BCUT2D eigenvalue weighted by Gasteiger charge is 2.31. The Balaban J connectivity index is 0.000000238. The highest BCUT2D eigenvalue weighted by Crippen LogP contribution is 2.37. The Morgan fingerprint density at radius 3 is 2.36 bits per heavy atom. The minimum Gasteiger partial charge on any atom is -0.468 e. The number of hydrogen-bond donors (Lipinski definition) is 1. The fourth-order valence-electron chi connectivity index (χ4n) is 4.46. The Bertz CT molecular complexity index is 2310. The third-order valence-corrected chi connectivity index (χ3v) is 10.0. The molecule has 0 unspecified atom stereocenters. The van der Waals surface area contributed by atoms with Crippen LogP contribution in [0.4, 0.5) is 28.9 Å². The second-order valence-corrected chi connectivity index (χ2v) is 15.2. The van der Waals surface area contributed by atoms with E-state index in [-0.39, 0.29) is 32.8 Å². The van der Waals surface area contributed by atoms with Gasteiger partial charge in [0, 0.05) is 30.1 Å². The molecule has 1 N–H and O–H groups in total. The molecular weight excluding hydrogens is 817 g/mol. The fourth-order valence-corrected chi connectivity index (χ4v) is 7.11. The number of thioether (sulfide) groups is 1. The number of nitro groups is 1. The Hall–Kier alpha value is -4.44. The van der Waals surface area contributed by atoms with E-state index in [0.717, 1.165) is 66.3 Å². The molecule has 1 aliphatic rings. The summed E-state index contributed by atoms with van der Waals surface area (Å²) in [4.78, 5) is 50.7. The normalized spacial score (nSPS) is 13.0. The van der Waals surface area contributed by atoms with Gasteiger partial charge < -0.3 is 9.47 Å². The molecule has 0 fully saturated rings. The van der Waals surface area contributed by atoms with Crippen molar-refractivity contribution in [2.75, 3.05) is 19.1 Å². The van der Waals surface area contributed by atoms with Crippen LogP contribution >= 0.6 is 46.3 Å². The first-order valence-corrected chi connectivity index (χ1v) is 19.1. The number of nitrogens with one attached hydrogen (secondary N) is 1. The topological polar surface area (TPSA) is 181 Å². The first-order chi connectivity index (χ1) is 24.8. The lowest BCUT2D eigenvalue weighted by molar-refractivity contribution is -0.385. The van der Waals surface area contributed by atoms with Gasteiger partial charge in [0.2, 0.25) is 14.8 Å². The molecule has 23 heteroatoms. The molecule has 5 rings (SSSR count). The van der Waals surface area contributed by atoms with Gasteiger partial charge in [-0.25, -0.2) is 27.2 Å². The number of alkyl halides is 3. The number of carbonyl (C=O) groups excluding carboxylic acids is 2. The van der Waals surface area contributed by atoms with E-state index in [1.165, 1.54) is 13.2 Å². The van der Waals surface area contributed by atoms with Gasteiger partial charge in [0.15, 0.2) is 0 Å². The molecule has 0 atom stereocenters. The Morgan fingerprint density at radius 1 is 1.08 bits per heavy atom. The molecule has 1 aromatic heterocycles. The zero-order valence-electron chi connectivity index (χ0n) is 27.1. The Kier molecular flexibility index (Phi) is 13.4. The van der Waals surface area contributed by atoms with Crippen LogP contribution in [0, 0.1) is 15.9 Å². The lowest BCUT2D eigenvalue weighted by Gasteiger charge is -2.15. The SMILES string of the molecule is COC(=O)CSc1cc(/N=c2\sc(=O)n3n2CCCC3)c(F)cc1Cl.CS(=O)(=O)NC(=O)c1cc(Oc2ccc(C(F)(F)F)cc2Cl)ccc1[N+](=O)[O-]. The summed E-state index contributed by atoms with van der Waals surface area (Å²) in [7, 11) is -2.70. The molecule has 0 bridgehead atoms. The van der Waals surface area contributed by atoms with Crippen molar-refractivity contribution in [3.05, 3.63) is 100 Å². The van der Waals surface area contributed by atoms with Crippen molar-refractivity contribution in [2.45, 2.75) is 37.0 Å². The standard InChI is InChI=1S/C15H10ClF3N2O6S.C15H15ClFN3O3S2/c1-28(25,26)20-14(22)10-7-9(3-4-12(10)21(23)24)27-13-5-2-8(6-11(13)16)15(17,18)19;1-23-13(21)8-24-12-7-11(10(17)6-9(12)16)18-14-19-4-2-3-5-20(19)15(22)25-14/h2-7H,1H3,(H,20,22);6-7H,2-5,8H2,1H3/b;18-14-. The van der Waals surface area contributed by atoms with Gasteiger partial charge in [0.05, 0.1) is 39.7 Å². The third-order valence-electron chi connectivity index (χ3n) is 6.86. The molecule has 0 spiro atoms. The van der Waals surface area contributed by atoms with E-state index in [1.54, 1.807) is 14.1 Å². The van der Waals surface area contributed by atoms with Crippen molar-refractivity contribution in [1.29, 1.82) is 0 Å². The largest absolute Gasteiger partial charge is 0.468 e. The molecule has 14 nitrogen and oxygen atoms in total. The minimum atomic E-state index is -4.62. The predicted octanol–water partition coefficient (Wildman–Crippen LogP) is 6.54. The number of rotatable bonds is 9. The van der Waals surface area contributed by atoms with Crippen LogP contribution in [0.5, 0.6) is 11.5 Å². The molecule has 0 saturated carbocycles. The van der Waals surface area contributed by atoms with Gasteiger partial charge in [-0.2, -0.15) is 13.2 Å². The molecular formula is C30H25Cl2F4N5O9S3. The predicted molar refractivity (Wildman–Crippen MR) is 187 cm³/mol. The number of aromatic nitrogens is 2. The first kappa shape index (κ1) is 41.3. The van der Waals surface area contributed by atoms with E-state index in [4.69, 9.17) is 27.9 Å². The van der Waals surface area contributed by atoms with E-state index in [2.05, 4.69) is 9.73 Å². The van der Waals surface area contributed by atoms with Gasteiger partial charge in [-0.05, 0) is 60.6 Å². The van der Waals surface area contributed by atoms with Crippen LogP contribution < -0.4 is 19.1 Å². The van der Waals surface area contributed by atoms with Crippen molar-refractivity contribution >= 4 is 79.6 Å². The number of amides is 1. The summed E-state index contributed by atoms with van der Waals surface area (Å²) < 4.78 is 89.5. The molecule has 0 aliphatic carbocycles. The summed E-state index contributed by atoms with van der Waals surface area (Å²) in [5.74, 6) is -2.60. The molecule has 0 saturated heterocycles. The van der Waals surface area contributed by atoms with Gasteiger partial charge in [0.1, 0.15) is 28.6 Å². The second-order valence-electron chi connectivity index (χ2n) is 10.7. The van der Waals surface area contributed by atoms with E-state index in [9.17, 15) is 50.5 Å². The second kappa shape index (κ2) is 17.1. The van der Waals surface area contributed by atoms with E-state index >= 15 is 0 Å². The van der Waals surface area contributed by atoms with Gasteiger partial charge in [0.25, 0.3) is 11.6 Å². The highest BCUT2D eigenvalue weighted by atomic mass is 35.5. The van der Waals surface area contributed by atoms with Gasteiger partial charge in [-0.1, -0.05) is 23.2 Å². The maximum Gasteiger partial charge on any atom is 0.416 e. The summed E-state index contributed by atoms with van der Waals surface area (Å²) in [5, 5.41) is 10.9. The molecule has 1 amide bonds. The molecule has 1 aliphatic heterocycles. The van der Waals surface area contributed by atoms with Crippen LogP contribution in [-0.4, -0.2) is 53.7 Å². The maximum atomic E-state index is 14.3. The zero-order chi connectivity index (χ0) is 39.2. The number of hydrogen-bond acceptors (Lipinski definition) is 12. The molecule has 2 heterocycles. The molecule has 0 radical (unpaired) electrons. The lowest BCUT2D eigenvalue weighted by Crippen LogP contribution is -2.31. The Morgan fingerprint density at radius 2 is 1.75 bits per heavy atom. The number of nitro benzene ring substituents is 1. The van der Waals surface area contributed by atoms with Crippen LogP contribution in [-0.2, 0) is 38.8 Å². The first-order valence-electron chi connectivity index (χ1n) is 14.7. The lowest BCUT2D eigenvalue weighted by atomic mass is 10.1. The van der Waals surface area contributed by atoms with Crippen LogP contribution in [0.15, 0.2) is 63.2 Å². The number of fused-ring (bicyclic) bond motifs is 1. The highest BCUT2D eigenvalue weighted by molar-refractivity contribution is 8.00.